The number of hydrogen-bond donors (Lipinski definition) is 1. The normalized spacial score (nSPS) is 11.7. The van der Waals surface area contributed by atoms with E-state index >= 15 is 0 Å². The number of carbonyl (C=O) groups is 2. The zero-order chi connectivity index (χ0) is 19.3. The van der Waals surface area contributed by atoms with E-state index in [9.17, 15) is 14.0 Å². The van der Waals surface area contributed by atoms with Gasteiger partial charge in [-0.2, -0.15) is 0 Å². The summed E-state index contributed by atoms with van der Waals surface area (Å²) in [6.45, 7) is 5.97. The molecule has 4 nitrogen and oxygen atoms in total. The van der Waals surface area contributed by atoms with E-state index in [4.69, 9.17) is 0 Å². The molecule has 1 atom stereocenters. The second-order valence-electron chi connectivity index (χ2n) is 6.53. The number of amides is 2. The van der Waals surface area contributed by atoms with Gasteiger partial charge in [-0.15, -0.1) is 0 Å². The van der Waals surface area contributed by atoms with Crippen molar-refractivity contribution < 1.29 is 14.0 Å². The zero-order valence-electron chi connectivity index (χ0n) is 15.7. The van der Waals surface area contributed by atoms with Gasteiger partial charge in [0.05, 0.1) is 6.42 Å². The minimum Gasteiger partial charge on any atom is -0.357 e. The fourth-order valence-corrected chi connectivity index (χ4v) is 2.77. The molecule has 5 heteroatoms. The van der Waals surface area contributed by atoms with E-state index in [1.807, 2.05) is 32.0 Å². The Morgan fingerprint density at radius 3 is 2.23 bits per heavy atom. The summed E-state index contributed by atoms with van der Waals surface area (Å²) in [6, 6.07) is 11.3. The predicted octanol–water partition coefficient (Wildman–Crippen LogP) is 3.15. The number of nitrogens with one attached hydrogen (secondary N) is 1. The molecule has 0 heterocycles. The Bertz CT molecular complexity index is 787. The molecule has 0 aliphatic heterocycles. The molecule has 26 heavy (non-hydrogen) atoms. The van der Waals surface area contributed by atoms with Crippen molar-refractivity contribution in [2.45, 2.75) is 39.8 Å². The van der Waals surface area contributed by atoms with Crippen LogP contribution in [0.4, 0.5) is 4.39 Å². The van der Waals surface area contributed by atoms with Gasteiger partial charge in [-0.1, -0.05) is 30.3 Å². The van der Waals surface area contributed by atoms with Crippen molar-refractivity contribution in [2.24, 2.45) is 0 Å². The number of aryl methyl sites for hydroxylation is 2. The van der Waals surface area contributed by atoms with Gasteiger partial charge in [-0.3, -0.25) is 9.59 Å². The van der Waals surface area contributed by atoms with Gasteiger partial charge in [-0.05, 0) is 55.2 Å². The van der Waals surface area contributed by atoms with Gasteiger partial charge in [0.1, 0.15) is 11.9 Å². The molecule has 0 fully saturated rings. The van der Waals surface area contributed by atoms with Gasteiger partial charge >= 0.3 is 0 Å². The first-order valence-corrected chi connectivity index (χ1v) is 8.63. The Morgan fingerprint density at radius 1 is 1.04 bits per heavy atom. The second kappa shape index (κ2) is 8.61. The Morgan fingerprint density at radius 2 is 1.65 bits per heavy atom. The SMILES string of the molecule is CNC(=O)C(C)N(Cc1ccc(F)cc1)C(=O)Cc1ccc(C)c(C)c1. The highest BCUT2D eigenvalue weighted by Gasteiger charge is 2.25. The van der Waals surface area contributed by atoms with Crippen LogP contribution in [0.1, 0.15) is 29.2 Å². The van der Waals surface area contributed by atoms with Gasteiger partial charge in [0.15, 0.2) is 0 Å². The molecule has 0 aromatic heterocycles. The number of halogens is 1. The van der Waals surface area contributed by atoms with E-state index in [0.29, 0.717) is 0 Å². The minimum atomic E-state index is -0.621. The van der Waals surface area contributed by atoms with Gasteiger partial charge in [0, 0.05) is 13.6 Å². The lowest BCUT2D eigenvalue weighted by atomic mass is 10.0. The first-order chi connectivity index (χ1) is 12.3. The molecule has 2 rings (SSSR count). The molecule has 0 aliphatic carbocycles. The number of nitrogens with zero attached hydrogens (tertiary/aromatic N) is 1. The number of likely N-dealkylation sites (N-methyl/N-ethyl adjacent to an activating group) is 1. The summed E-state index contributed by atoms with van der Waals surface area (Å²) in [7, 11) is 1.54. The molecule has 2 aromatic carbocycles. The number of hydrogen-bond acceptors (Lipinski definition) is 2. The summed E-state index contributed by atoms with van der Waals surface area (Å²) in [5, 5.41) is 2.58. The Labute approximate surface area is 154 Å². The Hall–Kier alpha value is -2.69. The molecule has 1 N–H and O–H groups in total. The van der Waals surface area contributed by atoms with Gasteiger partial charge in [0.25, 0.3) is 0 Å². The number of carbonyl (C=O) groups excluding carboxylic acids is 2. The predicted molar refractivity (Wildman–Crippen MR) is 100 cm³/mol. The van der Waals surface area contributed by atoms with Crippen LogP contribution >= 0.6 is 0 Å². The maximum atomic E-state index is 13.1. The van der Waals surface area contributed by atoms with E-state index in [1.54, 1.807) is 26.1 Å². The monoisotopic (exact) mass is 356 g/mol. The van der Waals surface area contributed by atoms with Crippen molar-refractivity contribution in [3.8, 4) is 0 Å². The number of rotatable bonds is 6. The highest BCUT2D eigenvalue weighted by Crippen LogP contribution is 2.15. The lowest BCUT2D eigenvalue weighted by Gasteiger charge is -2.28. The van der Waals surface area contributed by atoms with Crippen LogP contribution in [0.15, 0.2) is 42.5 Å². The van der Waals surface area contributed by atoms with Crippen LogP contribution < -0.4 is 5.32 Å². The average molecular weight is 356 g/mol. The average Bonchev–Trinajstić information content (AvgIpc) is 2.63. The third-order valence-electron chi connectivity index (χ3n) is 4.61. The smallest absolute Gasteiger partial charge is 0.242 e. The first kappa shape index (κ1) is 19.6. The van der Waals surface area contributed by atoms with Gasteiger partial charge < -0.3 is 10.2 Å². The van der Waals surface area contributed by atoms with E-state index in [1.165, 1.54) is 22.6 Å². The van der Waals surface area contributed by atoms with E-state index < -0.39 is 6.04 Å². The maximum Gasteiger partial charge on any atom is 0.242 e. The summed E-state index contributed by atoms with van der Waals surface area (Å²) in [4.78, 5) is 26.5. The quantitative estimate of drug-likeness (QED) is 0.864. The van der Waals surface area contributed by atoms with Crippen LogP contribution in [-0.4, -0.2) is 29.8 Å². The molecular weight excluding hydrogens is 331 g/mol. The topological polar surface area (TPSA) is 49.4 Å². The van der Waals surface area contributed by atoms with Crippen molar-refractivity contribution in [1.82, 2.24) is 10.2 Å². The Balaban J connectivity index is 2.23. The lowest BCUT2D eigenvalue weighted by molar-refractivity contribution is -0.139. The van der Waals surface area contributed by atoms with Crippen LogP contribution in [-0.2, 0) is 22.6 Å². The summed E-state index contributed by atoms with van der Waals surface area (Å²) in [5.41, 5.74) is 3.98. The molecule has 0 spiro atoms. The van der Waals surface area contributed by atoms with Crippen molar-refractivity contribution in [3.63, 3.8) is 0 Å². The minimum absolute atomic E-state index is 0.145. The lowest BCUT2D eigenvalue weighted by Crippen LogP contribution is -2.47. The largest absolute Gasteiger partial charge is 0.357 e. The van der Waals surface area contributed by atoms with E-state index in [-0.39, 0.29) is 30.6 Å². The molecule has 2 amide bonds. The third kappa shape index (κ3) is 4.91. The molecule has 2 aromatic rings. The van der Waals surface area contributed by atoms with E-state index in [0.717, 1.165) is 16.7 Å². The van der Waals surface area contributed by atoms with Crippen LogP contribution in [0.25, 0.3) is 0 Å². The summed E-state index contributed by atoms with van der Waals surface area (Å²) < 4.78 is 13.1. The van der Waals surface area contributed by atoms with E-state index in [2.05, 4.69) is 5.32 Å². The van der Waals surface area contributed by atoms with Crippen LogP contribution in [0, 0.1) is 19.7 Å². The summed E-state index contributed by atoms with van der Waals surface area (Å²) in [6.07, 6.45) is 0.212. The molecule has 0 radical (unpaired) electrons. The zero-order valence-corrected chi connectivity index (χ0v) is 15.7. The molecule has 0 saturated heterocycles. The third-order valence-corrected chi connectivity index (χ3v) is 4.61. The van der Waals surface area contributed by atoms with Crippen LogP contribution in [0.2, 0.25) is 0 Å². The maximum absolute atomic E-state index is 13.1. The second-order valence-corrected chi connectivity index (χ2v) is 6.53. The summed E-state index contributed by atoms with van der Waals surface area (Å²) in [5.74, 6) is -0.713. The molecule has 0 aliphatic rings. The summed E-state index contributed by atoms with van der Waals surface area (Å²) >= 11 is 0. The van der Waals surface area contributed by atoms with Crippen molar-refractivity contribution >= 4 is 11.8 Å². The molecule has 138 valence electrons. The van der Waals surface area contributed by atoms with Crippen molar-refractivity contribution in [2.75, 3.05) is 7.05 Å². The highest BCUT2D eigenvalue weighted by atomic mass is 19.1. The highest BCUT2D eigenvalue weighted by molar-refractivity contribution is 5.88. The standard InChI is InChI=1S/C21H25FN2O2/c1-14-5-6-18(11-15(14)2)12-20(25)24(16(3)21(26)23-4)13-17-7-9-19(22)10-8-17/h5-11,16H,12-13H2,1-4H3,(H,23,26). The fourth-order valence-electron chi connectivity index (χ4n) is 2.77. The van der Waals surface area contributed by atoms with Gasteiger partial charge in [-0.25, -0.2) is 4.39 Å². The number of benzene rings is 2. The molecule has 1 unspecified atom stereocenters. The first-order valence-electron chi connectivity index (χ1n) is 8.63. The van der Waals surface area contributed by atoms with Gasteiger partial charge in [0.2, 0.25) is 11.8 Å². The van der Waals surface area contributed by atoms with Crippen molar-refractivity contribution in [3.05, 3.63) is 70.5 Å². The van der Waals surface area contributed by atoms with Crippen LogP contribution in [0.3, 0.4) is 0 Å². The molecule has 0 bridgehead atoms. The van der Waals surface area contributed by atoms with Crippen molar-refractivity contribution in [1.29, 1.82) is 0 Å². The Kier molecular flexibility index (Phi) is 6.50. The molecular formula is C21H25FN2O2. The van der Waals surface area contributed by atoms with Crippen LogP contribution in [0.5, 0.6) is 0 Å². The molecule has 0 saturated carbocycles. The fraction of sp³-hybridized carbons (Fsp3) is 0.333.